The van der Waals surface area contributed by atoms with E-state index < -0.39 is 17.4 Å². The minimum Gasteiger partial charge on any atom is -0.481 e. The zero-order valence-electron chi connectivity index (χ0n) is 10.5. The number of amides is 1. The first-order valence-corrected chi connectivity index (χ1v) is 6.45. The van der Waals surface area contributed by atoms with Gasteiger partial charge in [-0.3, -0.25) is 9.59 Å². The van der Waals surface area contributed by atoms with Gasteiger partial charge in [0.15, 0.2) is 0 Å². The third kappa shape index (κ3) is 1.73. The predicted octanol–water partition coefficient (Wildman–Crippen LogP) is 1.08. The molecule has 1 aromatic rings. The van der Waals surface area contributed by atoms with Gasteiger partial charge in [-0.1, -0.05) is 18.2 Å². The van der Waals surface area contributed by atoms with E-state index in [9.17, 15) is 14.7 Å². The maximum Gasteiger partial charge on any atom is 0.312 e. The van der Waals surface area contributed by atoms with Crippen LogP contribution in [0.15, 0.2) is 24.3 Å². The Bertz CT molecular complexity index is 551. The van der Waals surface area contributed by atoms with Gasteiger partial charge in [-0.15, -0.1) is 0 Å². The van der Waals surface area contributed by atoms with Crippen molar-refractivity contribution in [1.29, 1.82) is 0 Å². The number of rotatable bonds is 2. The molecule has 1 heterocycles. The average molecular weight is 260 g/mol. The van der Waals surface area contributed by atoms with Crippen LogP contribution in [0.25, 0.3) is 0 Å². The van der Waals surface area contributed by atoms with Gasteiger partial charge in [0, 0.05) is 12.2 Å². The highest BCUT2D eigenvalue weighted by Crippen LogP contribution is 2.40. The molecule has 0 spiro atoms. The molecule has 100 valence electrons. The van der Waals surface area contributed by atoms with Gasteiger partial charge in [0.05, 0.1) is 5.54 Å². The molecular formula is C14H16N2O3. The number of hydrogen-bond donors (Lipinski definition) is 2. The van der Waals surface area contributed by atoms with Gasteiger partial charge in [-0.2, -0.15) is 0 Å². The number of carbonyl (C=O) groups is 2. The molecule has 0 radical (unpaired) electrons. The molecule has 1 aliphatic heterocycles. The molecule has 1 aliphatic carbocycles. The molecule has 1 unspecified atom stereocenters. The summed E-state index contributed by atoms with van der Waals surface area (Å²) in [4.78, 5) is 25.3. The fourth-order valence-corrected chi connectivity index (χ4v) is 2.85. The highest BCUT2D eigenvalue weighted by molar-refractivity contribution is 6.04. The summed E-state index contributed by atoms with van der Waals surface area (Å²) in [6, 6.07) is 7.17. The summed E-state index contributed by atoms with van der Waals surface area (Å²) in [5, 5.41) is 9.26. The molecule has 2 aliphatic rings. The van der Waals surface area contributed by atoms with E-state index in [1.54, 1.807) is 23.1 Å². The highest BCUT2D eigenvalue weighted by atomic mass is 16.4. The van der Waals surface area contributed by atoms with Crippen molar-refractivity contribution in [3.05, 3.63) is 29.8 Å². The van der Waals surface area contributed by atoms with Gasteiger partial charge in [0.2, 0.25) is 5.91 Å². The summed E-state index contributed by atoms with van der Waals surface area (Å²) in [6.45, 7) is 0.187. The monoisotopic (exact) mass is 260 g/mol. The number of anilines is 1. The first kappa shape index (κ1) is 12.2. The molecule has 3 rings (SSSR count). The number of para-hydroxylation sites is 1. The Labute approximate surface area is 111 Å². The second-order valence-electron chi connectivity index (χ2n) is 5.38. The minimum atomic E-state index is -0.901. The summed E-state index contributed by atoms with van der Waals surface area (Å²) < 4.78 is 0. The number of carbonyl (C=O) groups excluding carboxylic acids is 1. The molecule has 19 heavy (non-hydrogen) atoms. The van der Waals surface area contributed by atoms with E-state index in [1.165, 1.54) is 0 Å². The topological polar surface area (TPSA) is 83.6 Å². The second kappa shape index (κ2) is 4.06. The zero-order valence-corrected chi connectivity index (χ0v) is 10.5. The lowest BCUT2D eigenvalue weighted by atomic mass is 9.76. The van der Waals surface area contributed by atoms with Crippen LogP contribution in [0.5, 0.6) is 0 Å². The normalized spacial score (nSPS) is 23.6. The van der Waals surface area contributed by atoms with Gasteiger partial charge >= 0.3 is 5.97 Å². The largest absolute Gasteiger partial charge is 0.481 e. The summed E-state index contributed by atoms with van der Waals surface area (Å²) in [7, 11) is 0. The van der Waals surface area contributed by atoms with Gasteiger partial charge < -0.3 is 15.7 Å². The van der Waals surface area contributed by atoms with Gasteiger partial charge in [-0.25, -0.2) is 0 Å². The van der Waals surface area contributed by atoms with E-state index in [0.29, 0.717) is 24.1 Å². The first-order valence-electron chi connectivity index (χ1n) is 6.45. The third-order valence-corrected chi connectivity index (χ3v) is 4.18. The molecule has 1 atom stereocenters. The fraction of sp³-hybridized carbons (Fsp3) is 0.429. The Hall–Kier alpha value is -1.88. The van der Waals surface area contributed by atoms with Crippen LogP contribution in [-0.4, -0.2) is 29.1 Å². The molecule has 0 saturated heterocycles. The van der Waals surface area contributed by atoms with Gasteiger partial charge in [-0.05, 0) is 30.9 Å². The van der Waals surface area contributed by atoms with Crippen molar-refractivity contribution in [3.8, 4) is 0 Å². The smallest absolute Gasteiger partial charge is 0.312 e. The highest BCUT2D eigenvalue weighted by Gasteiger charge is 2.46. The Morgan fingerprint density at radius 1 is 1.32 bits per heavy atom. The van der Waals surface area contributed by atoms with Crippen molar-refractivity contribution < 1.29 is 14.7 Å². The minimum absolute atomic E-state index is 0.144. The van der Waals surface area contributed by atoms with Crippen LogP contribution >= 0.6 is 0 Å². The maximum atomic E-state index is 12.5. The van der Waals surface area contributed by atoms with Crippen molar-refractivity contribution in [3.63, 3.8) is 0 Å². The van der Waals surface area contributed by atoms with Crippen molar-refractivity contribution >= 4 is 17.6 Å². The lowest BCUT2D eigenvalue weighted by Gasteiger charge is -2.39. The number of benzene rings is 1. The van der Waals surface area contributed by atoms with Crippen molar-refractivity contribution in [2.45, 2.75) is 30.7 Å². The third-order valence-electron chi connectivity index (χ3n) is 4.18. The maximum absolute atomic E-state index is 12.5. The number of nitrogens with two attached hydrogens (primary N) is 1. The van der Waals surface area contributed by atoms with Crippen molar-refractivity contribution in [2.24, 2.45) is 5.73 Å². The Kier molecular flexibility index (Phi) is 2.60. The Morgan fingerprint density at radius 3 is 2.58 bits per heavy atom. The van der Waals surface area contributed by atoms with Crippen LogP contribution in [0.2, 0.25) is 0 Å². The summed E-state index contributed by atoms with van der Waals surface area (Å²) in [6.07, 6.45) is 2.32. The number of aliphatic carboxylic acids is 1. The number of hydrogen-bond acceptors (Lipinski definition) is 3. The van der Waals surface area contributed by atoms with Crippen molar-refractivity contribution in [1.82, 2.24) is 0 Å². The summed E-state index contributed by atoms with van der Waals surface area (Å²) >= 11 is 0. The average Bonchev–Trinajstić information content (AvgIpc) is 2.74. The molecule has 0 aromatic heterocycles. The van der Waals surface area contributed by atoms with E-state index in [1.807, 2.05) is 6.07 Å². The molecule has 0 bridgehead atoms. The quantitative estimate of drug-likeness (QED) is 0.833. The molecule has 1 aromatic carbocycles. The van der Waals surface area contributed by atoms with E-state index in [2.05, 4.69) is 0 Å². The first-order chi connectivity index (χ1) is 9.03. The molecule has 1 amide bonds. The Balaban J connectivity index is 1.97. The predicted molar refractivity (Wildman–Crippen MR) is 69.9 cm³/mol. The molecule has 1 saturated carbocycles. The summed E-state index contributed by atoms with van der Waals surface area (Å²) in [5.74, 6) is -1.69. The van der Waals surface area contributed by atoms with Crippen LogP contribution in [0.1, 0.15) is 30.7 Å². The van der Waals surface area contributed by atoms with E-state index >= 15 is 0 Å². The summed E-state index contributed by atoms with van der Waals surface area (Å²) in [5.41, 5.74) is 6.67. The lowest BCUT2D eigenvalue weighted by Crippen LogP contribution is -2.59. The lowest BCUT2D eigenvalue weighted by molar-refractivity contribution is -0.138. The molecular weight excluding hydrogens is 244 g/mol. The van der Waals surface area contributed by atoms with Gasteiger partial charge in [0.25, 0.3) is 0 Å². The van der Waals surface area contributed by atoms with Crippen LogP contribution < -0.4 is 10.6 Å². The molecule has 5 nitrogen and oxygen atoms in total. The molecule has 3 N–H and O–H groups in total. The molecule has 1 fully saturated rings. The van der Waals surface area contributed by atoms with Crippen LogP contribution in [0.3, 0.4) is 0 Å². The zero-order chi connectivity index (χ0) is 13.6. The number of carboxylic acid groups (broad SMARTS) is 1. The van der Waals surface area contributed by atoms with Gasteiger partial charge in [0.1, 0.15) is 5.92 Å². The van der Waals surface area contributed by atoms with E-state index in [4.69, 9.17) is 5.73 Å². The second-order valence-corrected chi connectivity index (χ2v) is 5.38. The SMILES string of the molecule is NC1(C(=O)N2CC(C(=O)O)c3ccccc32)CCC1. The van der Waals surface area contributed by atoms with E-state index in [0.717, 1.165) is 6.42 Å². The molecule has 5 heteroatoms. The Morgan fingerprint density at radius 2 is 2.00 bits per heavy atom. The standard InChI is InChI=1S/C14H16N2O3/c15-14(6-3-7-14)13(19)16-8-10(12(17)18)9-4-1-2-5-11(9)16/h1-2,4-5,10H,3,6-8,15H2,(H,17,18). The number of carboxylic acids is 1. The van der Waals surface area contributed by atoms with Crippen molar-refractivity contribution in [2.75, 3.05) is 11.4 Å². The van der Waals surface area contributed by atoms with Crippen LogP contribution in [0.4, 0.5) is 5.69 Å². The van der Waals surface area contributed by atoms with Crippen LogP contribution in [0, 0.1) is 0 Å². The fourth-order valence-electron chi connectivity index (χ4n) is 2.85. The number of nitrogens with zero attached hydrogens (tertiary/aromatic N) is 1. The van der Waals surface area contributed by atoms with Crippen LogP contribution in [-0.2, 0) is 9.59 Å². The number of fused-ring (bicyclic) bond motifs is 1. The van der Waals surface area contributed by atoms with E-state index in [-0.39, 0.29) is 12.5 Å².